The van der Waals surface area contributed by atoms with Gasteiger partial charge in [0.15, 0.2) is 5.82 Å². The van der Waals surface area contributed by atoms with Crippen LogP contribution in [-0.2, 0) is 10.0 Å². The molecule has 0 spiro atoms. The topological polar surface area (TPSA) is 106 Å². The molecule has 0 fully saturated rings. The van der Waals surface area contributed by atoms with Crippen molar-refractivity contribution >= 4 is 38.3 Å². The van der Waals surface area contributed by atoms with E-state index in [1.807, 2.05) is 18.5 Å². The molecule has 0 saturated carbocycles. The maximum absolute atomic E-state index is 11.7. The van der Waals surface area contributed by atoms with Crippen LogP contribution in [0.3, 0.4) is 0 Å². The van der Waals surface area contributed by atoms with Crippen LogP contribution in [-0.4, -0.2) is 56.6 Å². The van der Waals surface area contributed by atoms with E-state index in [0.29, 0.717) is 43.0 Å². The normalized spacial score (nSPS) is 15.7. The second-order valence-electron chi connectivity index (χ2n) is 7.29. The molecule has 0 radical (unpaired) electrons. The average Bonchev–Trinajstić information content (AvgIpc) is 3.11. The molecule has 4 heterocycles. The maximum Gasteiger partial charge on any atom is 0.211 e. The molecule has 0 aromatic carbocycles. The van der Waals surface area contributed by atoms with E-state index in [0.717, 1.165) is 16.6 Å². The molecule has 3 aromatic rings. The average molecular weight is 414 g/mol. The minimum atomic E-state index is -3.18. The molecule has 1 aliphatic rings. The standard InChI is InChI=1S/C19H23N7O2S/c1-13(2)26-12-22-15-11-21-18(10-16(15)26)23-17-4-7-20-19(24-17)14-5-8-25(9-6-14)29(3,27)28/h4-5,7,10-13H,6,8-9H2,1-3H3,(H,20,21,23,24). The van der Waals surface area contributed by atoms with Crippen LogP contribution in [0, 0.1) is 0 Å². The van der Waals surface area contributed by atoms with E-state index in [2.05, 4.69) is 43.7 Å². The van der Waals surface area contributed by atoms with Gasteiger partial charge in [0.05, 0.1) is 24.3 Å². The molecule has 0 unspecified atom stereocenters. The summed E-state index contributed by atoms with van der Waals surface area (Å²) in [6, 6.07) is 4.03. The number of imidazole rings is 1. The third-order valence-corrected chi connectivity index (χ3v) is 6.13. The minimum Gasteiger partial charge on any atom is -0.328 e. The van der Waals surface area contributed by atoms with Gasteiger partial charge >= 0.3 is 0 Å². The second kappa shape index (κ2) is 7.53. The molecule has 29 heavy (non-hydrogen) atoms. The molecular formula is C19H23N7O2S. The van der Waals surface area contributed by atoms with Crippen molar-refractivity contribution in [3.63, 3.8) is 0 Å². The Bertz CT molecular complexity index is 1180. The van der Waals surface area contributed by atoms with Crippen LogP contribution in [0.1, 0.15) is 32.1 Å². The predicted octanol–water partition coefficient (Wildman–Crippen LogP) is 2.59. The molecule has 152 valence electrons. The van der Waals surface area contributed by atoms with Crippen molar-refractivity contribution in [2.75, 3.05) is 24.7 Å². The molecule has 3 aromatic heterocycles. The van der Waals surface area contributed by atoms with E-state index in [1.165, 1.54) is 10.6 Å². The highest BCUT2D eigenvalue weighted by atomic mass is 32.2. The minimum absolute atomic E-state index is 0.297. The lowest BCUT2D eigenvalue weighted by Gasteiger charge is -2.23. The van der Waals surface area contributed by atoms with Crippen LogP contribution in [0.2, 0.25) is 0 Å². The number of fused-ring (bicyclic) bond motifs is 1. The molecule has 0 atom stereocenters. The molecule has 4 rings (SSSR count). The van der Waals surface area contributed by atoms with Gasteiger partial charge in [0.25, 0.3) is 0 Å². The molecule has 0 amide bonds. The lowest BCUT2D eigenvalue weighted by Crippen LogP contribution is -2.33. The summed E-state index contributed by atoms with van der Waals surface area (Å²) in [6.45, 7) is 4.98. The Hall–Kier alpha value is -2.85. The number of pyridine rings is 1. The fraction of sp³-hybridized carbons (Fsp3) is 0.368. The maximum atomic E-state index is 11.7. The van der Waals surface area contributed by atoms with Crippen LogP contribution in [0.25, 0.3) is 16.6 Å². The zero-order valence-electron chi connectivity index (χ0n) is 16.6. The van der Waals surface area contributed by atoms with Gasteiger partial charge in [-0.1, -0.05) is 6.08 Å². The van der Waals surface area contributed by atoms with Crippen LogP contribution in [0.5, 0.6) is 0 Å². The monoisotopic (exact) mass is 413 g/mol. The predicted molar refractivity (Wildman–Crippen MR) is 112 cm³/mol. The number of sulfonamides is 1. The highest BCUT2D eigenvalue weighted by Gasteiger charge is 2.21. The number of aromatic nitrogens is 5. The van der Waals surface area contributed by atoms with Crippen LogP contribution in [0.4, 0.5) is 11.6 Å². The quantitative estimate of drug-likeness (QED) is 0.685. The summed E-state index contributed by atoms with van der Waals surface area (Å²) in [5.41, 5.74) is 2.79. The zero-order valence-corrected chi connectivity index (χ0v) is 17.4. The molecular weight excluding hydrogens is 390 g/mol. The molecule has 0 bridgehead atoms. The lowest BCUT2D eigenvalue weighted by molar-refractivity contribution is 0.445. The molecule has 0 aliphatic carbocycles. The van der Waals surface area contributed by atoms with Gasteiger partial charge in [-0.05, 0) is 31.9 Å². The van der Waals surface area contributed by atoms with Crippen LogP contribution < -0.4 is 5.32 Å². The fourth-order valence-electron chi connectivity index (χ4n) is 3.28. The van der Waals surface area contributed by atoms with E-state index in [9.17, 15) is 8.42 Å². The van der Waals surface area contributed by atoms with Crippen molar-refractivity contribution in [2.45, 2.75) is 26.3 Å². The summed E-state index contributed by atoms with van der Waals surface area (Å²) in [7, 11) is -3.18. The highest BCUT2D eigenvalue weighted by molar-refractivity contribution is 7.88. The Kier molecular flexibility index (Phi) is 5.05. The summed E-state index contributed by atoms with van der Waals surface area (Å²) in [4.78, 5) is 17.7. The number of hydrogen-bond donors (Lipinski definition) is 1. The smallest absolute Gasteiger partial charge is 0.211 e. The first-order valence-corrected chi connectivity index (χ1v) is 11.2. The lowest BCUT2D eigenvalue weighted by atomic mass is 10.1. The summed E-state index contributed by atoms with van der Waals surface area (Å²) in [5, 5.41) is 3.23. The largest absolute Gasteiger partial charge is 0.328 e. The van der Waals surface area contributed by atoms with Gasteiger partial charge in [0, 0.05) is 31.4 Å². The summed E-state index contributed by atoms with van der Waals surface area (Å²) in [5.74, 6) is 1.89. The Morgan fingerprint density at radius 1 is 1.17 bits per heavy atom. The molecule has 9 nitrogen and oxygen atoms in total. The van der Waals surface area contributed by atoms with Gasteiger partial charge in [0.1, 0.15) is 17.2 Å². The molecule has 1 aliphatic heterocycles. The summed E-state index contributed by atoms with van der Waals surface area (Å²) < 4.78 is 26.9. The van der Waals surface area contributed by atoms with Crippen LogP contribution >= 0.6 is 0 Å². The van der Waals surface area contributed by atoms with Gasteiger partial charge in [-0.15, -0.1) is 0 Å². The number of nitrogens with zero attached hydrogens (tertiary/aromatic N) is 6. The van der Waals surface area contributed by atoms with Gasteiger partial charge < -0.3 is 9.88 Å². The SMILES string of the molecule is CC(C)n1cnc2cnc(Nc3ccnc(C4=CCN(S(C)(=O)=O)CC4)n3)cc21. The van der Waals surface area contributed by atoms with Crippen molar-refractivity contribution in [3.05, 3.63) is 42.8 Å². The second-order valence-corrected chi connectivity index (χ2v) is 9.28. The number of rotatable bonds is 5. The Balaban J connectivity index is 1.56. The number of nitrogens with one attached hydrogen (secondary N) is 1. The molecule has 0 saturated heterocycles. The van der Waals surface area contributed by atoms with E-state index in [-0.39, 0.29) is 0 Å². The third-order valence-electron chi connectivity index (χ3n) is 4.86. The first-order valence-electron chi connectivity index (χ1n) is 9.38. The van der Waals surface area contributed by atoms with Crippen molar-refractivity contribution in [2.24, 2.45) is 0 Å². The molecule has 1 N–H and O–H groups in total. The molecule has 10 heteroatoms. The fourth-order valence-corrected chi connectivity index (χ4v) is 4.05. The number of anilines is 2. The Morgan fingerprint density at radius 2 is 2.00 bits per heavy atom. The van der Waals surface area contributed by atoms with E-state index < -0.39 is 10.0 Å². The summed E-state index contributed by atoms with van der Waals surface area (Å²) >= 11 is 0. The Morgan fingerprint density at radius 3 is 2.69 bits per heavy atom. The van der Waals surface area contributed by atoms with E-state index in [4.69, 9.17) is 0 Å². The van der Waals surface area contributed by atoms with Gasteiger partial charge in [0.2, 0.25) is 10.0 Å². The van der Waals surface area contributed by atoms with Crippen molar-refractivity contribution in [1.29, 1.82) is 0 Å². The third kappa shape index (κ3) is 4.13. The summed E-state index contributed by atoms with van der Waals surface area (Å²) in [6.07, 6.45) is 8.91. The number of hydrogen-bond acceptors (Lipinski definition) is 7. The van der Waals surface area contributed by atoms with Gasteiger partial charge in [-0.2, -0.15) is 4.31 Å². The van der Waals surface area contributed by atoms with E-state index in [1.54, 1.807) is 18.5 Å². The first kappa shape index (κ1) is 19.5. The van der Waals surface area contributed by atoms with Crippen LogP contribution in [0.15, 0.2) is 36.9 Å². The van der Waals surface area contributed by atoms with Crippen molar-refractivity contribution in [1.82, 2.24) is 28.8 Å². The zero-order chi connectivity index (χ0) is 20.6. The van der Waals surface area contributed by atoms with Gasteiger partial charge in [-0.25, -0.2) is 28.4 Å². The van der Waals surface area contributed by atoms with E-state index >= 15 is 0 Å². The van der Waals surface area contributed by atoms with Crippen molar-refractivity contribution in [3.8, 4) is 0 Å². The Labute approximate surface area is 169 Å². The van der Waals surface area contributed by atoms with Crippen molar-refractivity contribution < 1.29 is 8.42 Å². The first-order chi connectivity index (χ1) is 13.8. The highest BCUT2D eigenvalue weighted by Crippen LogP contribution is 2.24. The van der Waals surface area contributed by atoms with Gasteiger partial charge in [-0.3, -0.25) is 0 Å².